The first-order chi connectivity index (χ1) is 10.8. The minimum atomic E-state index is 0.709. The Morgan fingerprint density at radius 1 is 0.773 bits per heavy atom. The van der Waals surface area contributed by atoms with E-state index in [1.165, 1.54) is 81.0 Å². The summed E-state index contributed by atoms with van der Waals surface area (Å²) in [4.78, 5) is 0. The molecule has 0 bridgehead atoms. The second-order valence-electron chi connectivity index (χ2n) is 7.73. The molecule has 120 valence electrons. The van der Waals surface area contributed by atoms with Crippen LogP contribution in [0.15, 0.2) is 18.2 Å². The first kappa shape index (κ1) is 16.0. The molecule has 2 fully saturated rings. The number of aryl methyl sites for hydroxylation is 2. The van der Waals surface area contributed by atoms with E-state index in [0.29, 0.717) is 6.85 Å². The van der Waals surface area contributed by atoms with E-state index in [-0.39, 0.29) is 0 Å². The molecule has 1 nitrogen and oxygen atoms in total. The van der Waals surface area contributed by atoms with Crippen LogP contribution >= 0.6 is 0 Å². The molecule has 0 heterocycles. The average molecular weight is 297 g/mol. The van der Waals surface area contributed by atoms with Crippen LogP contribution in [0, 0.1) is 13.8 Å². The van der Waals surface area contributed by atoms with Crippen molar-refractivity contribution in [3.63, 3.8) is 0 Å². The lowest BCUT2D eigenvalue weighted by Gasteiger charge is -2.36. The molecule has 0 spiro atoms. The van der Waals surface area contributed by atoms with Gasteiger partial charge in [0.05, 0.1) is 0 Å². The van der Waals surface area contributed by atoms with Crippen LogP contribution in [0.4, 0.5) is 5.69 Å². The van der Waals surface area contributed by atoms with Crippen molar-refractivity contribution in [2.24, 2.45) is 0 Å². The van der Waals surface area contributed by atoms with Gasteiger partial charge in [0.25, 0.3) is 6.85 Å². The zero-order valence-electron chi connectivity index (χ0n) is 14.5. The monoisotopic (exact) mass is 297 g/mol. The summed E-state index contributed by atoms with van der Waals surface area (Å²) in [6.07, 6.45) is 14.5. The molecule has 0 aliphatic heterocycles. The highest BCUT2D eigenvalue weighted by molar-refractivity contribution is 6.65. The van der Waals surface area contributed by atoms with Gasteiger partial charge in [-0.05, 0) is 36.6 Å². The fraction of sp³-hybridized carbons (Fsp3) is 0.700. The maximum atomic E-state index is 4.06. The molecule has 0 radical (unpaired) electrons. The van der Waals surface area contributed by atoms with E-state index in [9.17, 15) is 0 Å². The van der Waals surface area contributed by atoms with Crippen molar-refractivity contribution in [2.45, 2.75) is 89.7 Å². The van der Waals surface area contributed by atoms with Crippen LogP contribution in [0.25, 0.3) is 0 Å². The number of nitrogens with one attached hydrogen (secondary N) is 1. The first-order valence-corrected chi connectivity index (χ1v) is 9.58. The highest BCUT2D eigenvalue weighted by Gasteiger charge is 2.35. The molecule has 3 rings (SSSR count). The Labute approximate surface area is 137 Å². The maximum Gasteiger partial charge on any atom is 0.258 e. The van der Waals surface area contributed by atoms with Gasteiger partial charge >= 0.3 is 0 Å². The van der Waals surface area contributed by atoms with Crippen LogP contribution in [0.1, 0.15) is 75.3 Å². The van der Waals surface area contributed by atoms with Crippen LogP contribution < -0.4 is 5.23 Å². The molecule has 2 aliphatic carbocycles. The SMILES string of the molecule is Cc1cccc(C)c1NB(C1CCCCC1)C1CCCCC1. The van der Waals surface area contributed by atoms with Crippen molar-refractivity contribution in [3.8, 4) is 0 Å². The second-order valence-corrected chi connectivity index (χ2v) is 7.73. The van der Waals surface area contributed by atoms with Crippen molar-refractivity contribution in [1.29, 1.82) is 0 Å². The third kappa shape index (κ3) is 3.70. The Balaban J connectivity index is 1.80. The molecule has 2 aliphatic rings. The Morgan fingerprint density at radius 2 is 1.23 bits per heavy atom. The molecule has 2 heteroatoms. The van der Waals surface area contributed by atoms with Crippen LogP contribution in [0.2, 0.25) is 11.6 Å². The molecule has 0 saturated heterocycles. The van der Waals surface area contributed by atoms with Crippen molar-refractivity contribution < 1.29 is 0 Å². The molecule has 1 aromatic carbocycles. The van der Waals surface area contributed by atoms with Gasteiger partial charge in [-0.25, -0.2) is 0 Å². The summed E-state index contributed by atoms with van der Waals surface area (Å²) in [5.74, 6) is 1.80. The van der Waals surface area contributed by atoms with Crippen LogP contribution in [-0.4, -0.2) is 6.85 Å². The Kier molecular flexibility index (Phi) is 5.49. The number of hydrogen-bond donors (Lipinski definition) is 1. The Bertz CT molecular complexity index is 434. The average Bonchev–Trinajstić information content (AvgIpc) is 2.56. The van der Waals surface area contributed by atoms with Gasteiger partial charge < -0.3 is 5.23 Å². The lowest BCUT2D eigenvalue weighted by Crippen LogP contribution is -2.38. The molecule has 0 atom stereocenters. The summed E-state index contributed by atoms with van der Waals surface area (Å²) in [5, 5.41) is 4.06. The molecule has 0 unspecified atom stereocenters. The van der Waals surface area contributed by atoms with E-state index in [2.05, 4.69) is 37.3 Å². The largest absolute Gasteiger partial charge is 0.427 e. The Morgan fingerprint density at radius 3 is 1.68 bits per heavy atom. The number of para-hydroxylation sites is 1. The van der Waals surface area contributed by atoms with Gasteiger partial charge in [0.15, 0.2) is 0 Å². The molecule has 1 aromatic rings. The van der Waals surface area contributed by atoms with Gasteiger partial charge in [0.1, 0.15) is 0 Å². The number of hydrogen-bond acceptors (Lipinski definition) is 1. The van der Waals surface area contributed by atoms with E-state index in [1.807, 2.05) is 0 Å². The molecule has 22 heavy (non-hydrogen) atoms. The van der Waals surface area contributed by atoms with Crippen molar-refractivity contribution in [1.82, 2.24) is 0 Å². The number of anilines is 1. The summed E-state index contributed by atoms with van der Waals surface area (Å²) in [6, 6.07) is 6.70. The fourth-order valence-corrected chi connectivity index (χ4v) is 4.82. The van der Waals surface area contributed by atoms with Crippen LogP contribution in [-0.2, 0) is 0 Å². The minimum absolute atomic E-state index is 0.709. The maximum absolute atomic E-state index is 4.06. The standard InChI is InChI=1S/C20H32BN/c1-16-10-9-11-17(2)20(16)22-21(18-12-5-3-6-13-18)19-14-7-4-8-15-19/h9-11,18-19,22H,3-8,12-15H2,1-2H3. The first-order valence-electron chi connectivity index (χ1n) is 9.58. The third-order valence-corrected chi connectivity index (χ3v) is 6.11. The summed E-state index contributed by atoms with van der Waals surface area (Å²) in [7, 11) is 0. The smallest absolute Gasteiger partial charge is 0.258 e. The van der Waals surface area contributed by atoms with Gasteiger partial charge in [-0.1, -0.05) is 82.4 Å². The molecular weight excluding hydrogens is 265 g/mol. The summed E-state index contributed by atoms with van der Waals surface area (Å²) >= 11 is 0. The number of benzene rings is 1. The summed E-state index contributed by atoms with van der Waals surface area (Å²) < 4.78 is 0. The van der Waals surface area contributed by atoms with Crippen molar-refractivity contribution in [3.05, 3.63) is 29.3 Å². The molecule has 2 saturated carbocycles. The van der Waals surface area contributed by atoms with Crippen molar-refractivity contribution in [2.75, 3.05) is 5.23 Å². The minimum Gasteiger partial charge on any atom is -0.427 e. The lowest BCUT2D eigenvalue weighted by atomic mass is 9.38. The van der Waals surface area contributed by atoms with Gasteiger partial charge in [-0.2, -0.15) is 0 Å². The molecule has 0 aromatic heterocycles. The highest BCUT2D eigenvalue weighted by Crippen LogP contribution is 2.42. The fourth-order valence-electron chi connectivity index (χ4n) is 4.82. The second kappa shape index (κ2) is 7.57. The quantitative estimate of drug-likeness (QED) is 0.636. The van der Waals surface area contributed by atoms with Crippen LogP contribution in [0.3, 0.4) is 0 Å². The third-order valence-electron chi connectivity index (χ3n) is 6.11. The summed E-state index contributed by atoms with van der Waals surface area (Å²) in [6.45, 7) is 5.22. The predicted octanol–water partition coefficient (Wildman–Crippen LogP) is 6.38. The highest BCUT2D eigenvalue weighted by atomic mass is 14.8. The van der Waals surface area contributed by atoms with E-state index in [4.69, 9.17) is 0 Å². The van der Waals surface area contributed by atoms with E-state index < -0.39 is 0 Å². The van der Waals surface area contributed by atoms with Crippen molar-refractivity contribution >= 4 is 12.5 Å². The van der Waals surface area contributed by atoms with Crippen LogP contribution in [0.5, 0.6) is 0 Å². The molecule has 0 amide bonds. The molecular formula is C20H32BN. The zero-order valence-corrected chi connectivity index (χ0v) is 14.5. The van der Waals surface area contributed by atoms with Gasteiger partial charge in [0, 0.05) is 5.69 Å². The predicted molar refractivity (Wildman–Crippen MR) is 99.0 cm³/mol. The normalized spacial score (nSPS) is 20.8. The van der Waals surface area contributed by atoms with E-state index in [0.717, 1.165) is 11.6 Å². The van der Waals surface area contributed by atoms with E-state index in [1.54, 1.807) is 0 Å². The van der Waals surface area contributed by atoms with Gasteiger partial charge in [-0.15, -0.1) is 0 Å². The number of rotatable bonds is 4. The van der Waals surface area contributed by atoms with E-state index >= 15 is 0 Å². The Hall–Kier alpha value is -0.915. The lowest BCUT2D eigenvalue weighted by molar-refractivity contribution is 0.463. The van der Waals surface area contributed by atoms with Gasteiger partial charge in [-0.3, -0.25) is 0 Å². The summed E-state index contributed by atoms with van der Waals surface area (Å²) in [5.41, 5.74) is 4.25. The zero-order chi connectivity index (χ0) is 15.4. The molecule has 1 N–H and O–H groups in total. The van der Waals surface area contributed by atoms with Gasteiger partial charge in [0.2, 0.25) is 0 Å². The topological polar surface area (TPSA) is 12.0 Å².